The number of hydrogen-bond donors (Lipinski definition) is 1. The molecule has 14 heavy (non-hydrogen) atoms. The highest BCUT2D eigenvalue weighted by Crippen LogP contribution is 2.20. The predicted molar refractivity (Wildman–Crippen MR) is 65.8 cm³/mol. The van der Waals surface area contributed by atoms with E-state index in [2.05, 4.69) is 46.6 Å². The number of nitrogens with one attached hydrogen (secondary N) is 1. The quantitative estimate of drug-likeness (QED) is 0.835. The van der Waals surface area contributed by atoms with Crippen molar-refractivity contribution < 1.29 is 0 Å². The van der Waals surface area contributed by atoms with Crippen molar-refractivity contribution in [3.05, 3.63) is 11.1 Å². The van der Waals surface area contributed by atoms with Crippen LogP contribution in [-0.2, 0) is 0 Å². The van der Waals surface area contributed by atoms with Crippen LogP contribution in [0.5, 0.6) is 0 Å². The molecule has 0 aromatic rings. The zero-order valence-corrected chi connectivity index (χ0v) is 10.9. The molecule has 0 aromatic carbocycles. The Balaban J connectivity index is 2.53. The highest BCUT2D eigenvalue weighted by molar-refractivity contribution is 9.11. The maximum absolute atomic E-state index is 3.90. The van der Waals surface area contributed by atoms with E-state index < -0.39 is 0 Å². The van der Waals surface area contributed by atoms with E-state index in [4.69, 9.17) is 0 Å². The number of piperazine rings is 1. The van der Waals surface area contributed by atoms with Crippen molar-refractivity contribution in [3.8, 4) is 0 Å². The first-order valence-corrected chi connectivity index (χ1v) is 6.22. The molecule has 2 nitrogen and oxygen atoms in total. The number of halogens is 1. The smallest absolute Gasteiger partial charge is 0.0304 e. The Morgan fingerprint density at radius 2 is 2.14 bits per heavy atom. The highest BCUT2D eigenvalue weighted by Gasteiger charge is 2.31. The lowest BCUT2D eigenvalue weighted by Crippen LogP contribution is -2.59. The number of rotatable bonds is 4. The van der Waals surface area contributed by atoms with Crippen LogP contribution in [0.4, 0.5) is 0 Å². The van der Waals surface area contributed by atoms with Crippen LogP contribution in [0.25, 0.3) is 0 Å². The molecule has 1 aliphatic rings. The van der Waals surface area contributed by atoms with Crippen LogP contribution < -0.4 is 5.32 Å². The molecular weight excluding hydrogens is 240 g/mol. The molecular formula is C11H21BrN2. The minimum Gasteiger partial charge on any atom is -0.309 e. The number of nitrogens with zero attached hydrogens (tertiary/aromatic N) is 1. The molecule has 0 unspecified atom stereocenters. The van der Waals surface area contributed by atoms with E-state index in [0.717, 1.165) is 30.7 Å². The van der Waals surface area contributed by atoms with Crippen LogP contribution in [-0.4, -0.2) is 36.6 Å². The Kier molecular flexibility index (Phi) is 4.61. The fraction of sp³-hybridized carbons (Fsp3) is 0.818. The molecule has 0 radical (unpaired) electrons. The Morgan fingerprint density at radius 1 is 1.50 bits per heavy atom. The minimum atomic E-state index is 0.334. The van der Waals surface area contributed by atoms with Crippen molar-refractivity contribution in [2.45, 2.75) is 32.2 Å². The second kappa shape index (κ2) is 5.29. The summed E-state index contributed by atoms with van der Waals surface area (Å²) in [5, 5.41) is 3.65. The first kappa shape index (κ1) is 12.2. The van der Waals surface area contributed by atoms with Gasteiger partial charge in [-0.3, -0.25) is 4.90 Å². The van der Waals surface area contributed by atoms with Gasteiger partial charge in [-0.1, -0.05) is 36.4 Å². The standard InChI is InChI=1S/C11H21BrN2/c1-4-11(5-2)9-14(7-6-13-11)8-10(3)12/h13H,3-9H2,1-2H3. The Morgan fingerprint density at radius 3 is 2.64 bits per heavy atom. The van der Waals surface area contributed by atoms with Crippen LogP contribution in [0.3, 0.4) is 0 Å². The normalized spacial score (nSPS) is 22.2. The molecule has 3 heteroatoms. The Hall–Kier alpha value is 0.140. The molecule has 1 rings (SSSR count). The van der Waals surface area contributed by atoms with Gasteiger partial charge < -0.3 is 5.32 Å². The highest BCUT2D eigenvalue weighted by atomic mass is 79.9. The lowest BCUT2D eigenvalue weighted by atomic mass is 9.90. The van der Waals surface area contributed by atoms with Crippen molar-refractivity contribution in [2.75, 3.05) is 26.2 Å². The van der Waals surface area contributed by atoms with Gasteiger partial charge in [-0.25, -0.2) is 0 Å². The zero-order valence-electron chi connectivity index (χ0n) is 9.27. The van der Waals surface area contributed by atoms with Gasteiger partial charge in [0, 0.05) is 36.2 Å². The fourth-order valence-electron chi connectivity index (χ4n) is 2.14. The zero-order chi connectivity index (χ0) is 10.6. The average Bonchev–Trinajstić information content (AvgIpc) is 2.17. The maximum atomic E-state index is 3.90. The lowest BCUT2D eigenvalue weighted by Gasteiger charge is -2.43. The summed E-state index contributed by atoms with van der Waals surface area (Å²) in [6.07, 6.45) is 2.41. The van der Waals surface area contributed by atoms with Gasteiger partial charge in [0.2, 0.25) is 0 Å². The molecule has 1 fully saturated rings. The van der Waals surface area contributed by atoms with E-state index in [0.29, 0.717) is 5.54 Å². The first-order valence-electron chi connectivity index (χ1n) is 5.42. The van der Waals surface area contributed by atoms with E-state index in [1.54, 1.807) is 0 Å². The van der Waals surface area contributed by atoms with Gasteiger partial charge in [0.05, 0.1) is 0 Å². The lowest BCUT2D eigenvalue weighted by molar-refractivity contribution is 0.134. The van der Waals surface area contributed by atoms with E-state index in [9.17, 15) is 0 Å². The monoisotopic (exact) mass is 260 g/mol. The summed E-state index contributed by atoms with van der Waals surface area (Å²) in [6, 6.07) is 0. The molecule has 0 bridgehead atoms. The third kappa shape index (κ3) is 3.07. The van der Waals surface area contributed by atoms with Crippen LogP contribution in [0.15, 0.2) is 11.1 Å². The minimum absolute atomic E-state index is 0.334. The van der Waals surface area contributed by atoms with Crippen LogP contribution in [0, 0.1) is 0 Å². The summed E-state index contributed by atoms with van der Waals surface area (Å²) in [5.74, 6) is 0. The molecule has 0 aliphatic carbocycles. The summed E-state index contributed by atoms with van der Waals surface area (Å²) in [4.78, 5) is 2.47. The summed E-state index contributed by atoms with van der Waals surface area (Å²) in [6.45, 7) is 12.8. The van der Waals surface area contributed by atoms with Gasteiger partial charge in [-0.15, -0.1) is 0 Å². The topological polar surface area (TPSA) is 15.3 Å². The molecule has 1 saturated heterocycles. The first-order chi connectivity index (χ1) is 6.62. The summed E-state index contributed by atoms with van der Waals surface area (Å²) >= 11 is 3.43. The van der Waals surface area contributed by atoms with Gasteiger partial charge in [0.15, 0.2) is 0 Å². The summed E-state index contributed by atoms with van der Waals surface area (Å²) in [7, 11) is 0. The fourth-order valence-corrected chi connectivity index (χ4v) is 2.50. The molecule has 0 amide bonds. The molecule has 0 aromatic heterocycles. The maximum Gasteiger partial charge on any atom is 0.0304 e. The summed E-state index contributed by atoms with van der Waals surface area (Å²) in [5.41, 5.74) is 0.334. The second-order valence-electron chi connectivity index (χ2n) is 4.14. The van der Waals surface area contributed by atoms with Gasteiger partial charge in [-0.05, 0) is 12.8 Å². The molecule has 0 atom stereocenters. The van der Waals surface area contributed by atoms with Crippen molar-refractivity contribution in [1.82, 2.24) is 10.2 Å². The van der Waals surface area contributed by atoms with Crippen molar-refractivity contribution >= 4 is 15.9 Å². The molecule has 0 saturated carbocycles. The summed E-state index contributed by atoms with van der Waals surface area (Å²) < 4.78 is 1.08. The van der Waals surface area contributed by atoms with E-state index in [1.165, 1.54) is 12.8 Å². The van der Waals surface area contributed by atoms with Crippen molar-refractivity contribution in [2.24, 2.45) is 0 Å². The Labute approximate surface area is 95.9 Å². The van der Waals surface area contributed by atoms with Gasteiger partial charge >= 0.3 is 0 Å². The van der Waals surface area contributed by atoms with E-state index in [1.807, 2.05) is 0 Å². The molecule has 1 heterocycles. The van der Waals surface area contributed by atoms with E-state index >= 15 is 0 Å². The van der Waals surface area contributed by atoms with Gasteiger partial charge in [0.25, 0.3) is 0 Å². The molecule has 82 valence electrons. The molecule has 0 spiro atoms. The third-order valence-corrected chi connectivity index (χ3v) is 3.45. The SMILES string of the molecule is C=C(Br)CN1CCNC(CC)(CC)C1. The number of hydrogen-bond acceptors (Lipinski definition) is 2. The van der Waals surface area contributed by atoms with Crippen LogP contribution >= 0.6 is 15.9 Å². The third-order valence-electron chi connectivity index (χ3n) is 3.20. The van der Waals surface area contributed by atoms with Crippen LogP contribution in [0.2, 0.25) is 0 Å². The van der Waals surface area contributed by atoms with Gasteiger partial charge in [0.1, 0.15) is 0 Å². The second-order valence-corrected chi connectivity index (χ2v) is 5.26. The average molecular weight is 261 g/mol. The van der Waals surface area contributed by atoms with Crippen molar-refractivity contribution in [1.29, 1.82) is 0 Å². The Bertz CT molecular complexity index is 199. The van der Waals surface area contributed by atoms with Crippen molar-refractivity contribution in [3.63, 3.8) is 0 Å². The van der Waals surface area contributed by atoms with Gasteiger partial charge in [-0.2, -0.15) is 0 Å². The predicted octanol–water partition coefficient (Wildman–Crippen LogP) is 2.36. The van der Waals surface area contributed by atoms with E-state index in [-0.39, 0.29) is 0 Å². The van der Waals surface area contributed by atoms with Crippen LogP contribution in [0.1, 0.15) is 26.7 Å². The molecule has 1 aliphatic heterocycles. The molecule has 1 N–H and O–H groups in total. The largest absolute Gasteiger partial charge is 0.309 e.